The fourth-order valence-electron chi connectivity index (χ4n) is 1.73. The molecule has 3 nitrogen and oxygen atoms in total. The van der Waals surface area contributed by atoms with Crippen LogP contribution >= 0.6 is 0 Å². The Morgan fingerprint density at radius 3 is 2.41 bits per heavy atom. The first-order valence-corrected chi connectivity index (χ1v) is 6.04. The minimum Gasteiger partial charge on any atom is -0.330 e. The molecule has 0 fully saturated rings. The van der Waals surface area contributed by atoms with Gasteiger partial charge in [0.1, 0.15) is 0 Å². The van der Waals surface area contributed by atoms with Crippen LogP contribution in [0.15, 0.2) is 12.1 Å². The predicted octanol–water partition coefficient (Wildman–Crippen LogP) is 2.54. The molecule has 3 N–H and O–H groups in total. The number of aryl methyl sites for hydroxylation is 3. The van der Waals surface area contributed by atoms with E-state index in [-0.39, 0.29) is 11.8 Å². The summed E-state index contributed by atoms with van der Waals surface area (Å²) in [5.41, 5.74) is 9.90. The van der Waals surface area contributed by atoms with Crippen molar-refractivity contribution < 1.29 is 4.79 Å². The van der Waals surface area contributed by atoms with Crippen molar-refractivity contribution in [3.63, 3.8) is 0 Å². The second-order valence-electron chi connectivity index (χ2n) is 4.72. The maximum absolute atomic E-state index is 11.9. The van der Waals surface area contributed by atoms with Crippen LogP contribution in [0.2, 0.25) is 0 Å². The highest BCUT2D eigenvalue weighted by Crippen LogP contribution is 2.20. The van der Waals surface area contributed by atoms with Crippen LogP contribution in [0.4, 0.5) is 5.69 Å². The summed E-state index contributed by atoms with van der Waals surface area (Å²) in [7, 11) is 0. The Hall–Kier alpha value is -1.35. The Balaban J connectivity index is 2.81. The number of amides is 1. The molecular weight excluding hydrogens is 212 g/mol. The highest BCUT2D eigenvalue weighted by Gasteiger charge is 2.13. The first kappa shape index (κ1) is 13.7. The first-order chi connectivity index (χ1) is 7.95. The number of nitrogens with one attached hydrogen (secondary N) is 1. The molecule has 0 saturated carbocycles. The number of nitrogens with two attached hydrogens (primary N) is 1. The number of hydrogen-bond acceptors (Lipinski definition) is 2. The van der Waals surface area contributed by atoms with E-state index in [1.165, 1.54) is 11.1 Å². The Bertz CT molecular complexity index is 413. The minimum absolute atomic E-state index is 0.0407. The summed E-state index contributed by atoms with van der Waals surface area (Å²) in [4.78, 5) is 11.9. The van der Waals surface area contributed by atoms with E-state index in [0.717, 1.165) is 17.7 Å². The lowest BCUT2D eigenvalue weighted by Crippen LogP contribution is -2.23. The van der Waals surface area contributed by atoms with Gasteiger partial charge < -0.3 is 11.1 Å². The van der Waals surface area contributed by atoms with Crippen LogP contribution < -0.4 is 11.1 Å². The molecule has 0 radical (unpaired) electrons. The lowest BCUT2D eigenvalue weighted by atomic mass is 10.0. The molecule has 0 aliphatic rings. The molecule has 0 aliphatic carbocycles. The molecule has 1 amide bonds. The number of anilines is 1. The molecule has 94 valence electrons. The summed E-state index contributed by atoms with van der Waals surface area (Å²) in [6, 6.07) is 4.12. The van der Waals surface area contributed by atoms with Gasteiger partial charge in [-0.25, -0.2) is 0 Å². The summed E-state index contributed by atoms with van der Waals surface area (Å²) < 4.78 is 0. The number of carbonyl (C=O) groups is 1. The fourth-order valence-corrected chi connectivity index (χ4v) is 1.73. The zero-order chi connectivity index (χ0) is 13.0. The van der Waals surface area contributed by atoms with Crippen molar-refractivity contribution in [1.29, 1.82) is 0 Å². The molecule has 0 spiro atoms. The van der Waals surface area contributed by atoms with Crippen LogP contribution in [0.25, 0.3) is 0 Å². The Labute approximate surface area is 103 Å². The highest BCUT2D eigenvalue weighted by molar-refractivity contribution is 5.93. The van der Waals surface area contributed by atoms with E-state index >= 15 is 0 Å². The summed E-state index contributed by atoms with van der Waals surface area (Å²) >= 11 is 0. The average molecular weight is 234 g/mol. The number of benzene rings is 1. The maximum Gasteiger partial charge on any atom is 0.227 e. The zero-order valence-electron chi connectivity index (χ0n) is 11.1. The topological polar surface area (TPSA) is 55.1 Å². The van der Waals surface area contributed by atoms with Gasteiger partial charge in [-0.15, -0.1) is 0 Å². The molecule has 0 aromatic heterocycles. The van der Waals surface area contributed by atoms with Crippen LogP contribution in [0, 0.1) is 26.7 Å². The molecular formula is C14H22N2O. The highest BCUT2D eigenvalue weighted by atomic mass is 16.1. The second kappa shape index (κ2) is 5.82. The molecule has 1 unspecified atom stereocenters. The summed E-state index contributed by atoms with van der Waals surface area (Å²) in [5.74, 6) is 0.00260. The van der Waals surface area contributed by atoms with Gasteiger partial charge >= 0.3 is 0 Å². The molecule has 1 atom stereocenters. The van der Waals surface area contributed by atoms with Crippen LogP contribution in [-0.2, 0) is 4.79 Å². The van der Waals surface area contributed by atoms with E-state index < -0.39 is 0 Å². The van der Waals surface area contributed by atoms with Crippen molar-refractivity contribution in [2.24, 2.45) is 11.7 Å². The van der Waals surface area contributed by atoms with Gasteiger partial charge in [0.05, 0.1) is 0 Å². The third-order valence-corrected chi connectivity index (χ3v) is 3.15. The van der Waals surface area contributed by atoms with Gasteiger partial charge in [0, 0.05) is 11.6 Å². The smallest absolute Gasteiger partial charge is 0.227 e. The molecule has 3 heteroatoms. The van der Waals surface area contributed by atoms with E-state index in [4.69, 9.17) is 5.73 Å². The lowest BCUT2D eigenvalue weighted by Gasteiger charge is -2.14. The van der Waals surface area contributed by atoms with Gasteiger partial charge in [0.2, 0.25) is 5.91 Å². The molecule has 0 heterocycles. The monoisotopic (exact) mass is 234 g/mol. The third kappa shape index (κ3) is 3.56. The van der Waals surface area contributed by atoms with Crippen LogP contribution in [0.1, 0.15) is 30.0 Å². The molecule has 1 rings (SSSR count). The molecule has 0 aliphatic heterocycles. The van der Waals surface area contributed by atoms with Crippen molar-refractivity contribution in [2.75, 3.05) is 11.9 Å². The van der Waals surface area contributed by atoms with Crippen molar-refractivity contribution in [1.82, 2.24) is 0 Å². The molecule has 1 aromatic carbocycles. The van der Waals surface area contributed by atoms with Gasteiger partial charge in [-0.3, -0.25) is 4.79 Å². The Morgan fingerprint density at radius 1 is 1.24 bits per heavy atom. The second-order valence-corrected chi connectivity index (χ2v) is 4.72. The van der Waals surface area contributed by atoms with Crippen molar-refractivity contribution in [2.45, 2.75) is 34.1 Å². The van der Waals surface area contributed by atoms with Gasteiger partial charge in [0.25, 0.3) is 0 Å². The molecule has 1 aromatic rings. The van der Waals surface area contributed by atoms with Gasteiger partial charge in [0.15, 0.2) is 0 Å². The summed E-state index contributed by atoms with van der Waals surface area (Å²) in [5, 5.41) is 2.97. The Morgan fingerprint density at radius 2 is 1.82 bits per heavy atom. The van der Waals surface area contributed by atoms with E-state index in [2.05, 4.69) is 18.3 Å². The van der Waals surface area contributed by atoms with Crippen LogP contribution in [-0.4, -0.2) is 12.5 Å². The van der Waals surface area contributed by atoms with E-state index in [0.29, 0.717) is 6.54 Å². The van der Waals surface area contributed by atoms with E-state index in [1.54, 1.807) is 0 Å². The largest absolute Gasteiger partial charge is 0.330 e. The van der Waals surface area contributed by atoms with Gasteiger partial charge in [-0.05, 0) is 56.5 Å². The van der Waals surface area contributed by atoms with E-state index in [9.17, 15) is 4.79 Å². The average Bonchev–Trinajstić information content (AvgIpc) is 2.26. The standard InChI is InChI=1S/C14H22N2O/c1-9(5-6-15)14(17)16-13-8-11(3)10(2)7-12(13)4/h7-9H,5-6,15H2,1-4H3,(H,16,17). The van der Waals surface area contributed by atoms with Crippen molar-refractivity contribution >= 4 is 11.6 Å². The van der Waals surface area contributed by atoms with Crippen molar-refractivity contribution in [3.8, 4) is 0 Å². The van der Waals surface area contributed by atoms with Gasteiger partial charge in [-0.1, -0.05) is 13.0 Å². The fraction of sp³-hybridized carbons (Fsp3) is 0.500. The maximum atomic E-state index is 11.9. The zero-order valence-corrected chi connectivity index (χ0v) is 11.1. The molecule has 0 saturated heterocycles. The number of carbonyl (C=O) groups excluding carboxylic acids is 1. The van der Waals surface area contributed by atoms with E-state index in [1.807, 2.05) is 26.8 Å². The van der Waals surface area contributed by atoms with Crippen LogP contribution in [0.5, 0.6) is 0 Å². The van der Waals surface area contributed by atoms with Crippen molar-refractivity contribution in [3.05, 3.63) is 28.8 Å². The SMILES string of the molecule is Cc1cc(C)c(NC(=O)C(C)CCN)cc1C. The van der Waals surface area contributed by atoms with Gasteiger partial charge in [-0.2, -0.15) is 0 Å². The number of hydrogen-bond donors (Lipinski definition) is 2. The third-order valence-electron chi connectivity index (χ3n) is 3.15. The minimum atomic E-state index is -0.0407. The normalized spacial score (nSPS) is 12.3. The molecule has 0 bridgehead atoms. The quantitative estimate of drug-likeness (QED) is 0.841. The number of rotatable bonds is 4. The summed E-state index contributed by atoms with van der Waals surface area (Å²) in [6.07, 6.45) is 0.718. The van der Waals surface area contributed by atoms with Crippen LogP contribution in [0.3, 0.4) is 0 Å². The predicted molar refractivity (Wildman–Crippen MR) is 72.1 cm³/mol. The summed E-state index contributed by atoms with van der Waals surface area (Å²) in [6.45, 7) is 8.58. The lowest BCUT2D eigenvalue weighted by molar-refractivity contribution is -0.119. The molecule has 17 heavy (non-hydrogen) atoms. The Kier molecular flexibility index (Phi) is 4.70. The first-order valence-electron chi connectivity index (χ1n) is 6.04.